The Morgan fingerprint density at radius 3 is 2.50 bits per heavy atom. The average molecular weight is 324 g/mol. The zero-order chi connectivity index (χ0) is 16.1. The Bertz CT molecular complexity index is 661. The normalized spacial score (nSPS) is 12.0. The zero-order valence-corrected chi connectivity index (χ0v) is 12.8. The van der Waals surface area contributed by atoms with Crippen LogP contribution in [0.2, 0.25) is 5.02 Å². The quantitative estimate of drug-likeness (QED) is 0.813. The maximum atomic E-state index is 13.2. The molecule has 2 nitrogen and oxygen atoms in total. The molecule has 2 rings (SSSR count). The van der Waals surface area contributed by atoms with E-state index in [1.807, 2.05) is 37.3 Å². The number of hydrogen-bond acceptors (Lipinski definition) is 1. The number of nitrogens with one attached hydrogen (secondary N) is 1. The van der Waals surface area contributed by atoms with Gasteiger partial charge < -0.3 is 5.32 Å². The molecule has 2 aromatic rings. The molecule has 0 fully saturated rings. The van der Waals surface area contributed by atoms with Gasteiger partial charge in [-0.05, 0) is 37.5 Å². The van der Waals surface area contributed by atoms with Crippen LogP contribution >= 0.6 is 11.6 Å². The maximum absolute atomic E-state index is 13.2. The van der Waals surface area contributed by atoms with Gasteiger partial charge in [0, 0.05) is 6.04 Å². The smallest absolute Gasteiger partial charge is 0.253 e. The lowest BCUT2D eigenvalue weighted by Crippen LogP contribution is -2.33. The van der Waals surface area contributed by atoms with Crippen molar-refractivity contribution in [3.63, 3.8) is 0 Å². The number of benzene rings is 2. The molecule has 0 saturated carbocycles. The largest absolute Gasteiger partial charge is 0.350 e. The predicted molar refractivity (Wildman–Crippen MR) is 83.1 cm³/mol. The summed E-state index contributed by atoms with van der Waals surface area (Å²) in [6.45, 7) is 1.86. The highest BCUT2D eigenvalue weighted by Crippen LogP contribution is 2.20. The van der Waals surface area contributed by atoms with Crippen molar-refractivity contribution >= 4 is 17.5 Å². The predicted octanol–water partition coefficient (Wildman–Crippen LogP) is 4.37. The Hall–Kier alpha value is -1.94. The van der Waals surface area contributed by atoms with E-state index < -0.39 is 17.5 Å². The summed E-state index contributed by atoms with van der Waals surface area (Å²) < 4.78 is 26.2. The second kappa shape index (κ2) is 7.36. The minimum Gasteiger partial charge on any atom is -0.350 e. The highest BCUT2D eigenvalue weighted by Gasteiger charge is 2.16. The molecule has 2 aromatic carbocycles. The Morgan fingerprint density at radius 1 is 1.18 bits per heavy atom. The Kier molecular flexibility index (Phi) is 5.50. The third-order valence-electron chi connectivity index (χ3n) is 3.34. The Labute approximate surface area is 133 Å². The van der Waals surface area contributed by atoms with Gasteiger partial charge in [-0.2, -0.15) is 0 Å². The fourth-order valence-electron chi connectivity index (χ4n) is 2.10. The van der Waals surface area contributed by atoms with Crippen molar-refractivity contribution in [1.29, 1.82) is 0 Å². The van der Waals surface area contributed by atoms with E-state index in [0.29, 0.717) is 0 Å². The van der Waals surface area contributed by atoms with Crippen LogP contribution in [0.25, 0.3) is 0 Å². The number of carbonyl (C=O) groups excluding carboxylic acids is 1. The lowest BCUT2D eigenvalue weighted by molar-refractivity contribution is 0.0938. The minimum atomic E-state index is -1.09. The molecule has 1 atom stereocenters. The molecule has 5 heteroatoms. The maximum Gasteiger partial charge on any atom is 0.253 e. The van der Waals surface area contributed by atoms with E-state index >= 15 is 0 Å². The van der Waals surface area contributed by atoms with E-state index in [9.17, 15) is 13.6 Å². The van der Waals surface area contributed by atoms with Crippen LogP contribution in [0.4, 0.5) is 8.78 Å². The van der Waals surface area contributed by atoms with Crippen molar-refractivity contribution in [2.24, 2.45) is 0 Å². The number of carbonyl (C=O) groups is 1. The first-order valence-electron chi connectivity index (χ1n) is 6.96. The van der Waals surface area contributed by atoms with Gasteiger partial charge in [0.25, 0.3) is 5.91 Å². The van der Waals surface area contributed by atoms with Crippen LogP contribution in [-0.2, 0) is 6.42 Å². The van der Waals surface area contributed by atoms with Crippen LogP contribution in [-0.4, -0.2) is 11.9 Å². The molecule has 0 aliphatic heterocycles. The van der Waals surface area contributed by atoms with Crippen LogP contribution in [0.15, 0.2) is 42.5 Å². The lowest BCUT2D eigenvalue weighted by atomic mass is 10.1. The van der Waals surface area contributed by atoms with E-state index in [4.69, 9.17) is 11.6 Å². The summed E-state index contributed by atoms with van der Waals surface area (Å²) in [5.41, 5.74) is 1.11. The van der Waals surface area contributed by atoms with Gasteiger partial charge in [-0.25, -0.2) is 8.78 Å². The number of halogens is 3. The monoisotopic (exact) mass is 323 g/mol. The highest BCUT2D eigenvalue weighted by atomic mass is 35.5. The molecule has 22 heavy (non-hydrogen) atoms. The summed E-state index contributed by atoms with van der Waals surface area (Å²) in [6, 6.07) is 11.4. The number of amides is 1. The van der Waals surface area contributed by atoms with Crippen molar-refractivity contribution in [3.05, 3.63) is 70.2 Å². The minimum absolute atomic E-state index is 0.0628. The summed E-state index contributed by atoms with van der Waals surface area (Å²) in [4.78, 5) is 12.1. The fraction of sp³-hybridized carbons (Fsp3) is 0.235. The van der Waals surface area contributed by atoms with Crippen LogP contribution in [0.5, 0.6) is 0 Å². The number of hydrogen-bond donors (Lipinski definition) is 1. The van der Waals surface area contributed by atoms with Crippen LogP contribution in [0.3, 0.4) is 0 Å². The van der Waals surface area contributed by atoms with Crippen LogP contribution < -0.4 is 5.32 Å². The Morgan fingerprint density at radius 2 is 1.82 bits per heavy atom. The summed E-state index contributed by atoms with van der Waals surface area (Å²) >= 11 is 5.79. The molecule has 0 spiro atoms. The molecule has 0 radical (unpaired) electrons. The molecular formula is C17H16ClF2NO. The molecule has 0 aromatic heterocycles. The molecule has 0 saturated heterocycles. The van der Waals surface area contributed by atoms with Gasteiger partial charge in [-0.15, -0.1) is 0 Å². The summed E-state index contributed by atoms with van der Waals surface area (Å²) in [7, 11) is 0. The standard InChI is InChI=1S/C17H16ClF2NO/c1-11(7-8-12-5-3-2-4-6-12)21-17(22)13-9-15(19)16(20)10-14(13)18/h2-6,9-11H,7-8H2,1H3,(H,21,22)/t11-/m1/s1. The third kappa shape index (κ3) is 4.28. The lowest BCUT2D eigenvalue weighted by Gasteiger charge is -2.14. The topological polar surface area (TPSA) is 29.1 Å². The molecular weight excluding hydrogens is 308 g/mol. The van der Waals surface area contributed by atoms with Crippen molar-refractivity contribution in [1.82, 2.24) is 5.32 Å². The number of rotatable bonds is 5. The molecule has 0 aliphatic carbocycles. The van der Waals surface area contributed by atoms with Crippen molar-refractivity contribution in [2.45, 2.75) is 25.8 Å². The van der Waals surface area contributed by atoms with Crippen LogP contribution in [0, 0.1) is 11.6 Å². The average Bonchev–Trinajstić information content (AvgIpc) is 2.50. The molecule has 0 unspecified atom stereocenters. The molecule has 1 amide bonds. The second-order valence-electron chi connectivity index (χ2n) is 5.14. The molecule has 0 bridgehead atoms. The van der Waals surface area contributed by atoms with Gasteiger partial charge >= 0.3 is 0 Å². The van der Waals surface area contributed by atoms with Crippen molar-refractivity contribution in [3.8, 4) is 0 Å². The fourth-order valence-corrected chi connectivity index (χ4v) is 2.33. The molecule has 116 valence electrons. The van der Waals surface area contributed by atoms with E-state index in [2.05, 4.69) is 5.32 Å². The van der Waals surface area contributed by atoms with E-state index in [1.54, 1.807) is 0 Å². The van der Waals surface area contributed by atoms with E-state index in [1.165, 1.54) is 5.56 Å². The molecule has 0 aliphatic rings. The highest BCUT2D eigenvalue weighted by molar-refractivity contribution is 6.33. The first-order chi connectivity index (χ1) is 10.5. The SMILES string of the molecule is C[C@H](CCc1ccccc1)NC(=O)c1cc(F)c(F)cc1Cl. The van der Waals surface area contributed by atoms with Crippen molar-refractivity contribution < 1.29 is 13.6 Å². The van der Waals surface area contributed by atoms with E-state index in [0.717, 1.165) is 25.0 Å². The van der Waals surface area contributed by atoms with Gasteiger partial charge in [0.15, 0.2) is 11.6 Å². The summed E-state index contributed by atoms with van der Waals surface area (Å²) in [5, 5.41) is 2.64. The third-order valence-corrected chi connectivity index (χ3v) is 3.65. The molecule has 0 heterocycles. The van der Waals surface area contributed by atoms with Gasteiger partial charge in [-0.3, -0.25) is 4.79 Å². The van der Waals surface area contributed by atoms with Gasteiger partial charge in [0.05, 0.1) is 10.6 Å². The molecule has 1 N–H and O–H groups in total. The number of aryl methyl sites for hydroxylation is 1. The van der Waals surface area contributed by atoms with Gasteiger partial charge in [-0.1, -0.05) is 41.9 Å². The van der Waals surface area contributed by atoms with Gasteiger partial charge in [0.2, 0.25) is 0 Å². The second-order valence-corrected chi connectivity index (χ2v) is 5.55. The van der Waals surface area contributed by atoms with E-state index in [-0.39, 0.29) is 16.6 Å². The first kappa shape index (κ1) is 16.4. The van der Waals surface area contributed by atoms with Crippen LogP contribution in [0.1, 0.15) is 29.3 Å². The first-order valence-corrected chi connectivity index (χ1v) is 7.34. The van der Waals surface area contributed by atoms with Gasteiger partial charge in [0.1, 0.15) is 0 Å². The summed E-state index contributed by atoms with van der Waals surface area (Å²) in [6.07, 6.45) is 1.55. The summed E-state index contributed by atoms with van der Waals surface area (Å²) in [5.74, 6) is -2.67. The van der Waals surface area contributed by atoms with Crippen molar-refractivity contribution in [2.75, 3.05) is 0 Å². The Balaban J connectivity index is 1.95. The zero-order valence-electron chi connectivity index (χ0n) is 12.1.